The topological polar surface area (TPSA) is 46.2 Å². The molecule has 0 amide bonds. The van der Waals surface area contributed by atoms with Crippen molar-refractivity contribution < 1.29 is 9.59 Å². The predicted octanol–water partition coefficient (Wildman–Crippen LogP) is 3.06. The Morgan fingerprint density at radius 3 is 2.70 bits per heavy atom. The lowest BCUT2D eigenvalue weighted by molar-refractivity contribution is -0.131. The van der Waals surface area contributed by atoms with Crippen LogP contribution in [0.15, 0.2) is 23.8 Å². The maximum atomic E-state index is 12.5. The molecule has 0 saturated heterocycles. The van der Waals surface area contributed by atoms with Crippen molar-refractivity contribution in [2.45, 2.75) is 52.0 Å². The molecular weight excluding hydrogens is 286 g/mol. The highest BCUT2D eigenvalue weighted by molar-refractivity contribution is 6.01. The quantitative estimate of drug-likeness (QED) is 0.809. The monoisotopic (exact) mass is 313 g/mol. The summed E-state index contributed by atoms with van der Waals surface area (Å²) in [5, 5.41) is 3.45. The second-order valence-corrected chi connectivity index (χ2v) is 8.49. The first-order chi connectivity index (χ1) is 10.9. The van der Waals surface area contributed by atoms with E-state index in [9.17, 15) is 9.59 Å². The van der Waals surface area contributed by atoms with Crippen LogP contribution in [0.3, 0.4) is 0 Å². The Morgan fingerprint density at radius 1 is 1.17 bits per heavy atom. The highest BCUT2D eigenvalue weighted by Crippen LogP contribution is 2.63. The molecule has 0 aliphatic heterocycles. The van der Waals surface area contributed by atoms with Crippen molar-refractivity contribution in [2.75, 3.05) is 7.05 Å². The van der Waals surface area contributed by atoms with E-state index in [4.69, 9.17) is 0 Å². The van der Waals surface area contributed by atoms with Gasteiger partial charge >= 0.3 is 0 Å². The number of nitrogens with one attached hydrogen (secondary N) is 1. The summed E-state index contributed by atoms with van der Waals surface area (Å²) in [6.45, 7) is 4.52. The van der Waals surface area contributed by atoms with Gasteiger partial charge in [0.2, 0.25) is 0 Å². The number of carbonyl (C=O) groups is 2. The number of fused-ring (bicyclic) bond motifs is 5. The molecule has 3 heteroatoms. The zero-order valence-corrected chi connectivity index (χ0v) is 14.4. The average Bonchev–Trinajstić information content (AvgIpc) is 2.83. The average molecular weight is 313 g/mol. The molecule has 3 saturated carbocycles. The molecule has 4 aliphatic rings. The zero-order chi connectivity index (χ0) is 16.4. The van der Waals surface area contributed by atoms with Gasteiger partial charge in [-0.3, -0.25) is 9.59 Å². The van der Waals surface area contributed by atoms with E-state index in [-0.39, 0.29) is 22.7 Å². The fraction of sp³-hybridized carbons (Fsp3) is 0.700. The summed E-state index contributed by atoms with van der Waals surface area (Å²) in [4.78, 5) is 24.4. The number of rotatable bonds is 1. The van der Waals surface area contributed by atoms with Crippen LogP contribution in [-0.4, -0.2) is 24.7 Å². The second-order valence-electron chi connectivity index (χ2n) is 8.49. The maximum absolute atomic E-state index is 12.5. The van der Waals surface area contributed by atoms with Gasteiger partial charge in [0, 0.05) is 23.3 Å². The zero-order valence-electron chi connectivity index (χ0n) is 14.4. The lowest BCUT2D eigenvalue weighted by atomic mass is 9.47. The molecule has 23 heavy (non-hydrogen) atoms. The predicted molar refractivity (Wildman–Crippen MR) is 89.9 cm³/mol. The van der Waals surface area contributed by atoms with Gasteiger partial charge in [-0.05, 0) is 68.2 Å². The molecule has 0 aromatic carbocycles. The smallest absolute Gasteiger partial charge is 0.178 e. The van der Waals surface area contributed by atoms with E-state index in [1.54, 1.807) is 6.08 Å². The van der Waals surface area contributed by atoms with Crippen LogP contribution in [0.25, 0.3) is 0 Å². The van der Waals surface area contributed by atoms with Crippen molar-refractivity contribution in [1.82, 2.24) is 5.32 Å². The number of hydrogen-bond donors (Lipinski definition) is 1. The molecule has 0 aromatic heterocycles. The summed E-state index contributed by atoms with van der Waals surface area (Å²) in [6.07, 6.45) is 10.8. The Labute approximate surface area is 138 Å². The number of likely N-dealkylation sites (N-methyl/N-ethyl adjacent to an activating group) is 1. The molecule has 6 atom stereocenters. The summed E-state index contributed by atoms with van der Waals surface area (Å²) < 4.78 is 0. The Kier molecular flexibility index (Phi) is 3.26. The van der Waals surface area contributed by atoms with E-state index < -0.39 is 0 Å². The van der Waals surface area contributed by atoms with Crippen LogP contribution in [-0.2, 0) is 9.59 Å². The van der Waals surface area contributed by atoms with E-state index >= 15 is 0 Å². The molecule has 0 bridgehead atoms. The minimum Gasteiger partial charge on any atom is -0.313 e. The summed E-state index contributed by atoms with van der Waals surface area (Å²) in [5.74, 6) is 2.27. The van der Waals surface area contributed by atoms with Gasteiger partial charge in [0.15, 0.2) is 5.78 Å². The Balaban J connectivity index is 1.77. The van der Waals surface area contributed by atoms with Gasteiger partial charge in [-0.15, -0.1) is 0 Å². The Bertz CT molecular complexity index is 634. The van der Waals surface area contributed by atoms with Crippen LogP contribution in [0.2, 0.25) is 0 Å². The van der Waals surface area contributed by atoms with E-state index in [0.29, 0.717) is 23.5 Å². The first-order valence-electron chi connectivity index (χ1n) is 9.06. The molecule has 4 aliphatic carbocycles. The van der Waals surface area contributed by atoms with Crippen molar-refractivity contribution in [2.24, 2.45) is 28.6 Å². The van der Waals surface area contributed by atoms with Crippen LogP contribution in [0.5, 0.6) is 0 Å². The van der Waals surface area contributed by atoms with Gasteiger partial charge in [-0.2, -0.15) is 0 Å². The van der Waals surface area contributed by atoms with Crippen molar-refractivity contribution in [1.29, 1.82) is 0 Å². The molecule has 0 aromatic rings. The minimum absolute atomic E-state index is 0.0303. The second kappa shape index (κ2) is 4.89. The minimum atomic E-state index is -0.0920. The third kappa shape index (κ3) is 1.92. The molecule has 3 fully saturated rings. The lowest BCUT2D eigenvalue weighted by Crippen LogP contribution is -2.55. The number of ketones is 2. The van der Waals surface area contributed by atoms with E-state index in [1.165, 1.54) is 5.57 Å². The molecule has 0 radical (unpaired) electrons. The van der Waals surface area contributed by atoms with Crippen molar-refractivity contribution >= 4 is 11.6 Å². The summed E-state index contributed by atoms with van der Waals surface area (Å²) in [5.41, 5.74) is 1.14. The highest BCUT2D eigenvalue weighted by Gasteiger charge is 2.59. The molecule has 0 heterocycles. The standard InChI is InChI=1S/C20H27NO2/c1-19-8-6-12(22)10-16(19)17(21-3)11-13-14-4-5-18(23)20(14,2)9-7-15(13)19/h6,8,10,13-15,17,21H,4-5,7,9,11H2,1-3H3/t13-,14-,15-,17+,19+,20-/m0/s1. The first kappa shape index (κ1) is 15.3. The molecule has 124 valence electrons. The third-order valence-corrected chi connectivity index (χ3v) is 7.66. The van der Waals surface area contributed by atoms with Gasteiger partial charge in [-0.1, -0.05) is 19.9 Å². The van der Waals surface area contributed by atoms with Crippen molar-refractivity contribution in [3.05, 3.63) is 23.8 Å². The van der Waals surface area contributed by atoms with Crippen LogP contribution in [0.1, 0.15) is 46.0 Å². The number of allylic oxidation sites excluding steroid dienone is 3. The van der Waals surface area contributed by atoms with Crippen LogP contribution in [0, 0.1) is 28.6 Å². The van der Waals surface area contributed by atoms with Crippen molar-refractivity contribution in [3.8, 4) is 0 Å². The largest absolute Gasteiger partial charge is 0.313 e. The van der Waals surface area contributed by atoms with Crippen LogP contribution in [0.4, 0.5) is 0 Å². The van der Waals surface area contributed by atoms with Gasteiger partial charge in [0.1, 0.15) is 5.78 Å². The summed E-state index contributed by atoms with van der Waals surface area (Å²) in [6, 6.07) is 0.258. The fourth-order valence-electron chi connectivity index (χ4n) is 6.33. The Morgan fingerprint density at radius 2 is 1.96 bits per heavy atom. The normalized spacial score (nSPS) is 48.6. The summed E-state index contributed by atoms with van der Waals surface area (Å²) >= 11 is 0. The van der Waals surface area contributed by atoms with Gasteiger partial charge in [-0.25, -0.2) is 0 Å². The molecule has 3 nitrogen and oxygen atoms in total. The third-order valence-electron chi connectivity index (χ3n) is 7.66. The number of hydrogen-bond acceptors (Lipinski definition) is 3. The maximum Gasteiger partial charge on any atom is 0.178 e. The number of Topliss-reactive ketones (excluding diaryl/α,β-unsaturated/α-hetero) is 1. The SMILES string of the molecule is CN[C@@H]1C[C@@H]2[C@H](CC[C@]3(C)C(=O)CC[C@@H]23)[C@@]2(C)C=CC(=O)C=C12. The Hall–Kier alpha value is -1.22. The molecule has 4 rings (SSSR count). The van der Waals surface area contributed by atoms with E-state index in [0.717, 1.165) is 32.1 Å². The van der Waals surface area contributed by atoms with E-state index in [1.807, 2.05) is 13.1 Å². The van der Waals surface area contributed by atoms with Gasteiger partial charge in [0.05, 0.1) is 0 Å². The highest BCUT2D eigenvalue weighted by atomic mass is 16.1. The van der Waals surface area contributed by atoms with E-state index in [2.05, 4.69) is 25.2 Å². The lowest BCUT2D eigenvalue weighted by Gasteiger charge is -2.57. The van der Waals surface area contributed by atoms with Gasteiger partial charge in [0.25, 0.3) is 0 Å². The molecule has 0 unspecified atom stereocenters. The summed E-state index contributed by atoms with van der Waals surface area (Å²) in [7, 11) is 2.00. The van der Waals surface area contributed by atoms with Crippen LogP contribution >= 0.6 is 0 Å². The molecule has 1 N–H and O–H groups in total. The first-order valence-corrected chi connectivity index (χ1v) is 9.06. The number of carbonyl (C=O) groups excluding carboxylic acids is 2. The van der Waals surface area contributed by atoms with Gasteiger partial charge < -0.3 is 5.32 Å². The molecule has 0 spiro atoms. The fourth-order valence-corrected chi connectivity index (χ4v) is 6.33. The van der Waals surface area contributed by atoms with Crippen molar-refractivity contribution in [3.63, 3.8) is 0 Å². The molecular formula is C20H27NO2. The van der Waals surface area contributed by atoms with Crippen LogP contribution < -0.4 is 5.32 Å².